The molecule has 0 heterocycles. The van der Waals surface area contributed by atoms with Gasteiger partial charge < -0.3 is 11.1 Å². The molecule has 6 heteroatoms. The Morgan fingerprint density at radius 2 is 2.05 bits per heavy atom. The Labute approximate surface area is 121 Å². The molecule has 0 unspecified atom stereocenters. The average Bonchev–Trinajstić information content (AvgIpc) is 2.47. The first-order valence-electron chi connectivity index (χ1n) is 6.45. The predicted molar refractivity (Wildman–Crippen MR) is 81.3 cm³/mol. The molecule has 0 atom stereocenters. The SMILES string of the molecule is CCc1cccc(NC(=O)c2cc([N+](=O)[O-])ccc2N)c1. The highest BCUT2D eigenvalue weighted by Crippen LogP contribution is 2.21. The van der Waals surface area contributed by atoms with Crippen molar-refractivity contribution in [2.45, 2.75) is 13.3 Å². The van der Waals surface area contributed by atoms with Crippen LogP contribution in [0.2, 0.25) is 0 Å². The van der Waals surface area contributed by atoms with Crippen molar-refractivity contribution in [2.24, 2.45) is 0 Å². The van der Waals surface area contributed by atoms with E-state index in [4.69, 9.17) is 5.73 Å². The molecule has 1 amide bonds. The van der Waals surface area contributed by atoms with Crippen LogP contribution in [0.1, 0.15) is 22.8 Å². The summed E-state index contributed by atoms with van der Waals surface area (Å²) >= 11 is 0. The quantitative estimate of drug-likeness (QED) is 0.512. The molecule has 0 aliphatic heterocycles. The monoisotopic (exact) mass is 285 g/mol. The molecule has 21 heavy (non-hydrogen) atoms. The van der Waals surface area contributed by atoms with Gasteiger partial charge in [0.25, 0.3) is 11.6 Å². The van der Waals surface area contributed by atoms with Gasteiger partial charge in [0.1, 0.15) is 0 Å². The first-order chi connectivity index (χ1) is 10.0. The number of hydrogen-bond donors (Lipinski definition) is 2. The first-order valence-corrected chi connectivity index (χ1v) is 6.45. The van der Waals surface area contributed by atoms with E-state index < -0.39 is 10.8 Å². The minimum atomic E-state index is -0.562. The van der Waals surface area contributed by atoms with Gasteiger partial charge in [0, 0.05) is 23.5 Å². The van der Waals surface area contributed by atoms with Crippen molar-refractivity contribution in [3.8, 4) is 0 Å². The number of nitrogens with zero attached hydrogens (tertiary/aromatic N) is 1. The standard InChI is InChI=1S/C15H15N3O3/c1-2-10-4-3-5-11(8-10)17-15(19)13-9-12(18(20)21)6-7-14(13)16/h3-9H,2,16H2,1H3,(H,17,19). The van der Waals surface area contributed by atoms with E-state index in [0.717, 1.165) is 12.0 Å². The molecule has 0 spiro atoms. The van der Waals surface area contributed by atoms with E-state index in [1.54, 1.807) is 6.07 Å². The minimum absolute atomic E-state index is 0.0890. The van der Waals surface area contributed by atoms with Crippen molar-refractivity contribution in [3.63, 3.8) is 0 Å². The topological polar surface area (TPSA) is 98.3 Å². The molecule has 6 nitrogen and oxygen atoms in total. The Morgan fingerprint density at radius 3 is 2.71 bits per heavy atom. The fourth-order valence-electron chi connectivity index (χ4n) is 1.92. The van der Waals surface area contributed by atoms with Gasteiger partial charge in [-0.1, -0.05) is 19.1 Å². The fourth-order valence-corrected chi connectivity index (χ4v) is 1.92. The highest BCUT2D eigenvalue weighted by atomic mass is 16.6. The van der Waals surface area contributed by atoms with Crippen LogP contribution in [-0.4, -0.2) is 10.8 Å². The molecule has 0 fully saturated rings. The Hall–Kier alpha value is -2.89. The molecule has 0 bridgehead atoms. The van der Waals surface area contributed by atoms with Gasteiger partial charge in [0.05, 0.1) is 10.5 Å². The van der Waals surface area contributed by atoms with Gasteiger partial charge in [-0.15, -0.1) is 0 Å². The molecule has 0 aromatic heterocycles. The molecule has 3 N–H and O–H groups in total. The number of non-ortho nitro benzene ring substituents is 1. The Morgan fingerprint density at radius 1 is 1.29 bits per heavy atom. The van der Waals surface area contributed by atoms with Crippen LogP contribution in [-0.2, 0) is 6.42 Å². The molecule has 0 aliphatic rings. The van der Waals surface area contributed by atoms with Gasteiger partial charge in [-0.05, 0) is 30.2 Å². The molecule has 108 valence electrons. The van der Waals surface area contributed by atoms with Crippen molar-refractivity contribution in [2.75, 3.05) is 11.1 Å². The highest BCUT2D eigenvalue weighted by molar-refractivity contribution is 6.08. The summed E-state index contributed by atoms with van der Waals surface area (Å²) < 4.78 is 0. The van der Waals surface area contributed by atoms with Gasteiger partial charge in [0.2, 0.25) is 0 Å². The summed E-state index contributed by atoms with van der Waals surface area (Å²) in [6.45, 7) is 2.01. The van der Waals surface area contributed by atoms with E-state index in [0.29, 0.717) is 5.69 Å². The Balaban J connectivity index is 2.27. The lowest BCUT2D eigenvalue weighted by atomic mass is 10.1. The maximum Gasteiger partial charge on any atom is 0.270 e. The molecular formula is C15H15N3O3. The van der Waals surface area contributed by atoms with E-state index in [9.17, 15) is 14.9 Å². The molecule has 0 radical (unpaired) electrons. The second-order valence-corrected chi connectivity index (χ2v) is 4.54. The van der Waals surface area contributed by atoms with E-state index >= 15 is 0 Å². The summed E-state index contributed by atoms with van der Waals surface area (Å²) in [4.78, 5) is 22.4. The minimum Gasteiger partial charge on any atom is -0.398 e. The maximum atomic E-state index is 12.2. The number of nitro groups is 1. The number of amides is 1. The number of anilines is 2. The first kappa shape index (κ1) is 14.5. The lowest BCUT2D eigenvalue weighted by Gasteiger charge is -2.08. The highest BCUT2D eigenvalue weighted by Gasteiger charge is 2.15. The maximum absolute atomic E-state index is 12.2. The van der Waals surface area contributed by atoms with E-state index in [1.165, 1.54) is 18.2 Å². The van der Waals surface area contributed by atoms with E-state index in [-0.39, 0.29) is 16.9 Å². The summed E-state index contributed by atoms with van der Waals surface area (Å²) in [6.07, 6.45) is 0.850. The summed E-state index contributed by atoms with van der Waals surface area (Å²) in [5, 5.41) is 13.5. The van der Waals surface area contributed by atoms with Crippen molar-refractivity contribution in [1.29, 1.82) is 0 Å². The van der Waals surface area contributed by atoms with Gasteiger partial charge in [-0.25, -0.2) is 0 Å². The van der Waals surface area contributed by atoms with Crippen molar-refractivity contribution in [3.05, 3.63) is 63.7 Å². The number of carbonyl (C=O) groups excluding carboxylic acids is 1. The molecule has 0 saturated carbocycles. The number of nitrogens with one attached hydrogen (secondary N) is 1. The largest absolute Gasteiger partial charge is 0.398 e. The van der Waals surface area contributed by atoms with Crippen LogP contribution in [0.5, 0.6) is 0 Å². The number of benzene rings is 2. The summed E-state index contributed by atoms with van der Waals surface area (Å²) in [7, 11) is 0. The van der Waals surface area contributed by atoms with Crippen LogP contribution in [0.25, 0.3) is 0 Å². The number of nitrogens with two attached hydrogens (primary N) is 1. The molecule has 0 aliphatic carbocycles. The smallest absolute Gasteiger partial charge is 0.270 e. The van der Waals surface area contributed by atoms with Gasteiger partial charge >= 0.3 is 0 Å². The lowest BCUT2D eigenvalue weighted by Crippen LogP contribution is -2.14. The van der Waals surface area contributed by atoms with E-state index in [2.05, 4.69) is 5.32 Å². The molecule has 2 aromatic rings. The van der Waals surface area contributed by atoms with Crippen LogP contribution < -0.4 is 11.1 Å². The molecular weight excluding hydrogens is 270 g/mol. The molecule has 2 rings (SSSR count). The summed E-state index contributed by atoms with van der Waals surface area (Å²) in [5.74, 6) is -0.468. The predicted octanol–water partition coefficient (Wildman–Crippen LogP) is 2.99. The Kier molecular flexibility index (Phi) is 4.18. The second kappa shape index (κ2) is 6.04. The van der Waals surface area contributed by atoms with Crippen LogP contribution >= 0.6 is 0 Å². The summed E-state index contributed by atoms with van der Waals surface area (Å²) in [6, 6.07) is 11.2. The van der Waals surface area contributed by atoms with Crippen LogP contribution in [0.4, 0.5) is 17.1 Å². The number of carbonyl (C=O) groups is 1. The van der Waals surface area contributed by atoms with Crippen molar-refractivity contribution in [1.82, 2.24) is 0 Å². The lowest BCUT2D eigenvalue weighted by molar-refractivity contribution is -0.384. The number of aryl methyl sites for hydroxylation is 1. The van der Waals surface area contributed by atoms with Gasteiger partial charge in [-0.2, -0.15) is 0 Å². The zero-order chi connectivity index (χ0) is 15.4. The van der Waals surface area contributed by atoms with Gasteiger partial charge in [0.15, 0.2) is 0 Å². The zero-order valence-electron chi connectivity index (χ0n) is 11.5. The second-order valence-electron chi connectivity index (χ2n) is 4.54. The Bertz CT molecular complexity index is 698. The van der Waals surface area contributed by atoms with Crippen LogP contribution in [0, 0.1) is 10.1 Å². The van der Waals surface area contributed by atoms with Crippen molar-refractivity contribution >= 4 is 23.0 Å². The van der Waals surface area contributed by atoms with Gasteiger partial charge in [-0.3, -0.25) is 14.9 Å². The third kappa shape index (κ3) is 3.36. The number of hydrogen-bond acceptors (Lipinski definition) is 4. The number of nitro benzene ring substituents is 1. The molecule has 2 aromatic carbocycles. The third-order valence-electron chi connectivity index (χ3n) is 3.09. The molecule has 0 saturated heterocycles. The number of rotatable bonds is 4. The normalized spacial score (nSPS) is 10.1. The third-order valence-corrected chi connectivity index (χ3v) is 3.09. The van der Waals surface area contributed by atoms with E-state index in [1.807, 2.05) is 25.1 Å². The van der Waals surface area contributed by atoms with Crippen molar-refractivity contribution < 1.29 is 9.72 Å². The zero-order valence-corrected chi connectivity index (χ0v) is 11.5. The van der Waals surface area contributed by atoms with Crippen LogP contribution in [0.3, 0.4) is 0 Å². The fraction of sp³-hybridized carbons (Fsp3) is 0.133. The number of nitrogen functional groups attached to an aromatic ring is 1. The van der Waals surface area contributed by atoms with Crippen LogP contribution in [0.15, 0.2) is 42.5 Å². The average molecular weight is 285 g/mol. The summed E-state index contributed by atoms with van der Waals surface area (Å²) in [5.41, 5.74) is 7.55.